The molecule has 0 aromatic heterocycles. The van der Waals surface area contributed by atoms with Crippen molar-refractivity contribution in [1.82, 2.24) is 0 Å². The molecule has 1 heteroatoms. The highest BCUT2D eigenvalue weighted by Crippen LogP contribution is 2.16. The Balaban J connectivity index is 2.58. The first-order chi connectivity index (χ1) is 7.11. The number of hydrogen-bond donors (Lipinski definition) is 0. The van der Waals surface area contributed by atoms with Gasteiger partial charge in [0.2, 0.25) is 0 Å². The molecule has 0 amide bonds. The number of Topliss-reactive ketones (excluding diaryl/α,β-unsaturated/α-hetero) is 1. The van der Waals surface area contributed by atoms with Crippen molar-refractivity contribution in [2.24, 2.45) is 5.92 Å². The number of ketones is 1. The van der Waals surface area contributed by atoms with Crippen molar-refractivity contribution >= 4 is 5.78 Å². The fraction of sp³-hybridized carbons (Fsp3) is 0.500. The Kier molecular flexibility index (Phi) is 4.54. The zero-order chi connectivity index (χ0) is 11.3. The van der Waals surface area contributed by atoms with Crippen molar-refractivity contribution < 1.29 is 4.79 Å². The van der Waals surface area contributed by atoms with Crippen molar-refractivity contribution in [1.29, 1.82) is 0 Å². The first kappa shape index (κ1) is 12.0. The number of rotatable bonds is 5. The van der Waals surface area contributed by atoms with Crippen LogP contribution in [0.25, 0.3) is 0 Å². The molecule has 0 aliphatic heterocycles. The van der Waals surface area contributed by atoms with Gasteiger partial charge in [-0.05, 0) is 31.7 Å². The summed E-state index contributed by atoms with van der Waals surface area (Å²) in [6.07, 6.45) is 2.81. The van der Waals surface area contributed by atoms with E-state index in [1.54, 1.807) is 6.92 Å². The van der Waals surface area contributed by atoms with E-state index in [9.17, 15) is 4.79 Å². The monoisotopic (exact) mass is 204 g/mol. The smallest absolute Gasteiger partial charge is 0.130 e. The van der Waals surface area contributed by atoms with Gasteiger partial charge in [-0.3, -0.25) is 0 Å². The molecule has 0 N–H and O–H groups in total. The lowest BCUT2D eigenvalue weighted by Crippen LogP contribution is -2.08. The van der Waals surface area contributed by atoms with Gasteiger partial charge in [0.1, 0.15) is 5.78 Å². The molecule has 1 aromatic carbocycles. The van der Waals surface area contributed by atoms with Crippen LogP contribution < -0.4 is 0 Å². The maximum atomic E-state index is 11.1. The lowest BCUT2D eigenvalue weighted by Gasteiger charge is -2.12. The summed E-state index contributed by atoms with van der Waals surface area (Å²) in [5, 5.41) is 0. The second-order valence-electron chi connectivity index (χ2n) is 4.37. The zero-order valence-electron chi connectivity index (χ0n) is 9.92. The molecule has 0 heterocycles. The van der Waals surface area contributed by atoms with Crippen molar-refractivity contribution in [3.8, 4) is 0 Å². The van der Waals surface area contributed by atoms with Gasteiger partial charge in [-0.1, -0.05) is 43.2 Å². The predicted octanol–water partition coefficient (Wildman–Crippen LogP) is 3.54. The molecule has 1 aromatic rings. The standard InChI is InChI=1S/C14H20O/c1-4-13(9-12(3)15)10-14-7-5-11(2)6-8-14/h5-8,13H,4,9-10H2,1-3H3. The highest BCUT2D eigenvalue weighted by atomic mass is 16.1. The molecule has 0 saturated carbocycles. The van der Waals surface area contributed by atoms with Crippen molar-refractivity contribution in [3.05, 3.63) is 35.4 Å². The third kappa shape index (κ3) is 4.28. The number of aryl methyl sites for hydroxylation is 1. The average Bonchev–Trinajstić information content (AvgIpc) is 2.19. The third-order valence-corrected chi connectivity index (χ3v) is 2.80. The predicted molar refractivity (Wildman–Crippen MR) is 64.0 cm³/mol. The topological polar surface area (TPSA) is 17.1 Å². The van der Waals surface area contributed by atoms with Crippen LogP contribution in [0, 0.1) is 12.8 Å². The van der Waals surface area contributed by atoms with Gasteiger partial charge >= 0.3 is 0 Å². The molecule has 1 unspecified atom stereocenters. The first-order valence-corrected chi connectivity index (χ1v) is 5.66. The maximum Gasteiger partial charge on any atom is 0.130 e. The van der Waals surface area contributed by atoms with Crippen molar-refractivity contribution in [3.63, 3.8) is 0 Å². The molecule has 82 valence electrons. The molecule has 1 atom stereocenters. The Morgan fingerprint density at radius 3 is 2.33 bits per heavy atom. The van der Waals surface area contributed by atoms with Crippen LogP contribution in [0.15, 0.2) is 24.3 Å². The summed E-state index contributed by atoms with van der Waals surface area (Å²) >= 11 is 0. The molecule has 1 rings (SSSR count). The minimum atomic E-state index is 0.300. The number of hydrogen-bond acceptors (Lipinski definition) is 1. The lowest BCUT2D eigenvalue weighted by atomic mass is 9.92. The molecule has 0 fully saturated rings. The molecule has 0 radical (unpaired) electrons. The lowest BCUT2D eigenvalue weighted by molar-refractivity contribution is -0.117. The van der Waals surface area contributed by atoms with E-state index in [0.717, 1.165) is 12.8 Å². The second-order valence-corrected chi connectivity index (χ2v) is 4.37. The van der Waals surface area contributed by atoms with Crippen LogP contribution in [0.4, 0.5) is 0 Å². The minimum absolute atomic E-state index is 0.300. The van der Waals surface area contributed by atoms with Crippen LogP contribution >= 0.6 is 0 Å². The number of benzene rings is 1. The van der Waals surface area contributed by atoms with E-state index in [1.165, 1.54) is 11.1 Å². The van der Waals surface area contributed by atoms with Gasteiger partial charge in [-0.2, -0.15) is 0 Å². The summed E-state index contributed by atoms with van der Waals surface area (Å²) in [4.78, 5) is 11.1. The van der Waals surface area contributed by atoms with E-state index in [0.29, 0.717) is 18.1 Å². The van der Waals surface area contributed by atoms with E-state index < -0.39 is 0 Å². The quantitative estimate of drug-likeness (QED) is 0.717. The number of carbonyl (C=O) groups is 1. The third-order valence-electron chi connectivity index (χ3n) is 2.80. The summed E-state index contributed by atoms with van der Waals surface area (Å²) < 4.78 is 0. The van der Waals surface area contributed by atoms with Gasteiger partial charge in [0.15, 0.2) is 0 Å². The Hall–Kier alpha value is -1.11. The largest absolute Gasteiger partial charge is 0.300 e. The first-order valence-electron chi connectivity index (χ1n) is 5.66. The second kappa shape index (κ2) is 5.69. The molecule has 0 spiro atoms. The molecule has 1 nitrogen and oxygen atoms in total. The molecule has 0 bridgehead atoms. The fourth-order valence-electron chi connectivity index (χ4n) is 1.82. The Morgan fingerprint density at radius 2 is 1.87 bits per heavy atom. The van der Waals surface area contributed by atoms with E-state index in [4.69, 9.17) is 0 Å². The summed E-state index contributed by atoms with van der Waals surface area (Å²) in [5.41, 5.74) is 2.63. The van der Waals surface area contributed by atoms with Crippen LogP contribution in [0.1, 0.15) is 37.8 Å². The van der Waals surface area contributed by atoms with Crippen LogP contribution in [-0.2, 0) is 11.2 Å². The maximum absolute atomic E-state index is 11.1. The summed E-state index contributed by atoms with van der Waals surface area (Å²) in [7, 11) is 0. The van der Waals surface area contributed by atoms with E-state index in [1.807, 2.05) is 0 Å². The highest BCUT2D eigenvalue weighted by molar-refractivity contribution is 5.75. The minimum Gasteiger partial charge on any atom is -0.300 e. The molecule has 0 aliphatic carbocycles. The fourth-order valence-corrected chi connectivity index (χ4v) is 1.82. The van der Waals surface area contributed by atoms with Crippen molar-refractivity contribution in [2.45, 2.75) is 40.0 Å². The van der Waals surface area contributed by atoms with E-state index in [-0.39, 0.29) is 0 Å². The van der Waals surface area contributed by atoms with Gasteiger partial charge in [0.05, 0.1) is 0 Å². The summed E-state index contributed by atoms with van der Waals surface area (Å²) in [6, 6.07) is 8.60. The number of carbonyl (C=O) groups excluding carboxylic acids is 1. The van der Waals surface area contributed by atoms with Crippen LogP contribution in [0.3, 0.4) is 0 Å². The normalized spacial score (nSPS) is 12.5. The van der Waals surface area contributed by atoms with Crippen molar-refractivity contribution in [2.75, 3.05) is 0 Å². The highest BCUT2D eigenvalue weighted by Gasteiger charge is 2.09. The van der Waals surface area contributed by atoms with E-state index >= 15 is 0 Å². The van der Waals surface area contributed by atoms with Gasteiger partial charge in [-0.15, -0.1) is 0 Å². The SMILES string of the molecule is CCC(CC(C)=O)Cc1ccc(C)cc1. The van der Waals surface area contributed by atoms with Gasteiger partial charge < -0.3 is 4.79 Å². The Morgan fingerprint density at radius 1 is 1.27 bits per heavy atom. The molecular formula is C14H20O. The molecule has 0 saturated heterocycles. The van der Waals surface area contributed by atoms with Gasteiger partial charge in [0, 0.05) is 6.42 Å². The van der Waals surface area contributed by atoms with Gasteiger partial charge in [-0.25, -0.2) is 0 Å². The Labute approximate surface area is 92.5 Å². The van der Waals surface area contributed by atoms with Crippen LogP contribution in [-0.4, -0.2) is 5.78 Å². The van der Waals surface area contributed by atoms with Crippen LogP contribution in [0.2, 0.25) is 0 Å². The average molecular weight is 204 g/mol. The van der Waals surface area contributed by atoms with Gasteiger partial charge in [0.25, 0.3) is 0 Å². The summed E-state index contributed by atoms with van der Waals surface area (Å²) in [6.45, 7) is 5.93. The molecule has 15 heavy (non-hydrogen) atoms. The summed E-state index contributed by atoms with van der Waals surface area (Å²) in [5.74, 6) is 0.805. The van der Waals surface area contributed by atoms with E-state index in [2.05, 4.69) is 38.1 Å². The Bertz CT molecular complexity index is 311. The van der Waals surface area contributed by atoms with Crippen LogP contribution in [0.5, 0.6) is 0 Å². The molecular weight excluding hydrogens is 184 g/mol. The zero-order valence-corrected chi connectivity index (χ0v) is 9.92. The molecule has 0 aliphatic rings.